The molecule has 0 radical (unpaired) electrons. The second-order valence-electron chi connectivity index (χ2n) is 6.75. The summed E-state index contributed by atoms with van der Waals surface area (Å²) in [7, 11) is 3.28. The van der Waals surface area contributed by atoms with Crippen molar-refractivity contribution in [3.63, 3.8) is 0 Å². The topological polar surface area (TPSA) is 56.2 Å². The maximum atomic E-state index is 12.6. The Labute approximate surface area is 170 Å². The number of aromatic nitrogens is 1. The molecule has 3 rings (SSSR count). The smallest absolute Gasteiger partial charge is 0.232 e. The van der Waals surface area contributed by atoms with Crippen LogP contribution in [-0.2, 0) is 10.5 Å². The van der Waals surface area contributed by atoms with E-state index in [4.69, 9.17) is 9.47 Å². The van der Waals surface area contributed by atoms with Crippen LogP contribution in [0.3, 0.4) is 0 Å². The summed E-state index contributed by atoms with van der Waals surface area (Å²) in [4.78, 5) is 19.9. The number of H-pyrrole nitrogens is 1. The van der Waals surface area contributed by atoms with E-state index in [1.165, 1.54) is 11.3 Å². The first-order valence-corrected chi connectivity index (χ1v) is 10.6. The van der Waals surface area contributed by atoms with Gasteiger partial charge in [0.15, 0.2) is 23.9 Å². The number of rotatable bonds is 7. The zero-order valence-electron chi connectivity index (χ0n) is 16.7. The summed E-state index contributed by atoms with van der Waals surface area (Å²) in [6, 6.07) is 8.12. The molecule has 150 valence electrons. The van der Waals surface area contributed by atoms with Crippen molar-refractivity contribution in [1.29, 1.82) is 0 Å². The Morgan fingerprint density at radius 2 is 1.71 bits per heavy atom. The molecule has 6 nitrogen and oxygen atoms in total. The molecule has 2 heterocycles. The molecule has 0 aliphatic carbocycles. The highest BCUT2D eigenvalue weighted by Gasteiger charge is 2.21. The lowest BCUT2D eigenvalue weighted by molar-refractivity contribution is -0.377. The first-order chi connectivity index (χ1) is 13.6. The van der Waals surface area contributed by atoms with Gasteiger partial charge in [-0.2, -0.15) is 0 Å². The highest BCUT2D eigenvalue weighted by atomic mass is 32.2. The van der Waals surface area contributed by atoms with Gasteiger partial charge >= 0.3 is 0 Å². The van der Waals surface area contributed by atoms with Crippen molar-refractivity contribution in [2.75, 3.05) is 51.1 Å². The molecule has 1 aliphatic heterocycles. The number of aromatic amines is 1. The van der Waals surface area contributed by atoms with Crippen LogP contribution in [0.4, 0.5) is 5.69 Å². The normalized spacial score (nSPS) is 14.1. The molecule has 1 N–H and O–H groups in total. The summed E-state index contributed by atoms with van der Waals surface area (Å²) in [5, 5.41) is 0. The lowest BCUT2D eigenvalue weighted by atomic mass is 10.1. The van der Waals surface area contributed by atoms with Crippen molar-refractivity contribution in [2.24, 2.45) is 0 Å². The number of anilines is 1. The highest BCUT2D eigenvalue weighted by Crippen LogP contribution is 2.32. The standard InChI is InChI=1S/C21H27N3O3S/c1-16-12-19(26-2)20(27-3)13-17(16)14-28-15-21(25)24-10-8-23(9-11-24)18-4-6-22-7-5-18/h4-7,12-13H,8-11,14-15H2,1-3H3/p+1. The van der Waals surface area contributed by atoms with E-state index in [2.05, 4.69) is 28.9 Å². The Morgan fingerprint density at radius 3 is 2.36 bits per heavy atom. The van der Waals surface area contributed by atoms with Crippen molar-refractivity contribution in [1.82, 2.24) is 4.90 Å². The largest absolute Gasteiger partial charge is 0.493 e. The Morgan fingerprint density at radius 1 is 1.07 bits per heavy atom. The van der Waals surface area contributed by atoms with Gasteiger partial charge in [-0.05, 0) is 30.2 Å². The number of thioether (sulfide) groups is 1. The van der Waals surface area contributed by atoms with E-state index in [9.17, 15) is 4.79 Å². The van der Waals surface area contributed by atoms with Crippen LogP contribution in [-0.4, -0.2) is 57.0 Å². The number of nitrogens with one attached hydrogen (secondary N) is 1. The number of aryl methyl sites for hydroxylation is 1. The molecule has 1 fully saturated rings. The number of benzene rings is 1. The van der Waals surface area contributed by atoms with E-state index in [-0.39, 0.29) is 5.91 Å². The molecular weight excluding hydrogens is 374 g/mol. The number of hydrogen-bond donors (Lipinski definition) is 0. The monoisotopic (exact) mass is 402 g/mol. The number of methoxy groups -OCH3 is 2. The van der Waals surface area contributed by atoms with Crippen molar-refractivity contribution in [3.8, 4) is 11.5 Å². The molecule has 0 saturated carbocycles. The molecule has 1 saturated heterocycles. The first-order valence-electron chi connectivity index (χ1n) is 9.40. The number of carbonyl (C=O) groups excluding carboxylic acids is 1. The van der Waals surface area contributed by atoms with Gasteiger partial charge in [0.05, 0.1) is 20.0 Å². The van der Waals surface area contributed by atoms with E-state index < -0.39 is 0 Å². The van der Waals surface area contributed by atoms with Gasteiger partial charge in [-0.15, -0.1) is 11.8 Å². The summed E-state index contributed by atoms with van der Waals surface area (Å²) in [5.74, 6) is 2.94. The van der Waals surface area contributed by atoms with Crippen molar-refractivity contribution < 1.29 is 19.3 Å². The number of nitrogens with zero attached hydrogens (tertiary/aromatic N) is 2. The fourth-order valence-corrected chi connectivity index (χ4v) is 4.31. The average Bonchev–Trinajstić information content (AvgIpc) is 2.75. The molecular formula is C21H28N3O3S+. The zero-order valence-corrected chi connectivity index (χ0v) is 17.6. The molecule has 1 aromatic heterocycles. The maximum Gasteiger partial charge on any atom is 0.232 e. The zero-order chi connectivity index (χ0) is 19.9. The minimum Gasteiger partial charge on any atom is -0.493 e. The molecule has 1 aliphatic rings. The van der Waals surface area contributed by atoms with Crippen LogP contribution >= 0.6 is 11.8 Å². The van der Waals surface area contributed by atoms with Crippen molar-refractivity contribution in [2.45, 2.75) is 12.7 Å². The molecule has 2 aromatic rings. The summed E-state index contributed by atoms with van der Waals surface area (Å²) in [5.41, 5.74) is 3.51. The van der Waals surface area contributed by atoms with Crippen LogP contribution in [0.5, 0.6) is 11.5 Å². The van der Waals surface area contributed by atoms with E-state index in [0.717, 1.165) is 49.0 Å². The van der Waals surface area contributed by atoms with Crippen LogP contribution in [0, 0.1) is 6.92 Å². The Balaban J connectivity index is 1.48. The van der Waals surface area contributed by atoms with Crippen LogP contribution in [0.1, 0.15) is 11.1 Å². The Hall–Kier alpha value is -2.41. The summed E-state index contributed by atoms with van der Waals surface area (Å²) in [6.45, 7) is 5.34. The SMILES string of the molecule is COc1cc(C)c(CSCC(=O)N2CCN(c3cc[nH+]cc3)CC2)cc1OC. The van der Waals surface area contributed by atoms with Gasteiger partial charge in [0, 0.05) is 49.8 Å². The van der Waals surface area contributed by atoms with Crippen molar-refractivity contribution in [3.05, 3.63) is 47.8 Å². The minimum absolute atomic E-state index is 0.212. The van der Waals surface area contributed by atoms with Gasteiger partial charge in [-0.1, -0.05) is 0 Å². The van der Waals surface area contributed by atoms with E-state index >= 15 is 0 Å². The number of carbonyl (C=O) groups is 1. The van der Waals surface area contributed by atoms with E-state index in [1.807, 2.05) is 29.4 Å². The third-order valence-corrected chi connectivity index (χ3v) is 5.99. The van der Waals surface area contributed by atoms with Crippen LogP contribution in [0.2, 0.25) is 0 Å². The van der Waals surface area contributed by atoms with Crippen molar-refractivity contribution >= 4 is 23.4 Å². The predicted octanol–water partition coefficient (Wildman–Crippen LogP) is 2.41. The van der Waals surface area contributed by atoms with Crippen LogP contribution < -0.4 is 19.4 Å². The fourth-order valence-electron chi connectivity index (χ4n) is 3.32. The van der Waals surface area contributed by atoms with Gasteiger partial charge in [0.1, 0.15) is 0 Å². The molecule has 7 heteroatoms. The van der Waals surface area contributed by atoms with Gasteiger partial charge < -0.3 is 19.3 Å². The molecule has 0 spiro atoms. The number of pyridine rings is 1. The Bertz CT molecular complexity index is 793. The van der Waals surface area contributed by atoms with Gasteiger partial charge in [0.2, 0.25) is 5.91 Å². The highest BCUT2D eigenvalue weighted by molar-refractivity contribution is 7.99. The number of amides is 1. The maximum absolute atomic E-state index is 12.6. The Kier molecular flexibility index (Phi) is 7.03. The average molecular weight is 403 g/mol. The molecule has 28 heavy (non-hydrogen) atoms. The number of piperazine rings is 1. The summed E-state index contributed by atoms with van der Waals surface area (Å²) in [6.07, 6.45) is 3.86. The second-order valence-corrected chi connectivity index (χ2v) is 7.74. The van der Waals surface area contributed by atoms with Crippen LogP contribution in [0.15, 0.2) is 36.7 Å². The summed E-state index contributed by atoms with van der Waals surface area (Å²) < 4.78 is 10.7. The molecule has 1 aromatic carbocycles. The lowest BCUT2D eigenvalue weighted by Crippen LogP contribution is -2.49. The third kappa shape index (κ3) is 4.90. The number of ether oxygens (including phenoxy) is 2. The minimum atomic E-state index is 0.212. The summed E-state index contributed by atoms with van der Waals surface area (Å²) >= 11 is 1.65. The third-order valence-electron chi connectivity index (χ3n) is 5.02. The quantitative estimate of drug-likeness (QED) is 0.712. The van der Waals surface area contributed by atoms with Gasteiger partial charge in [0.25, 0.3) is 0 Å². The van der Waals surface area contributed by atoms with Gasteiger partial charge in [-0.25, -0.2) is 4.98 Å². The lowest BCUT2D eigenvalue weighted by Gasteiger charge is -2.35. The first kappa shape index (κ1) is 20.3. The molecule has 0 atom stereocenters. The second kappa shape index (κ2) is 9.68. The van der Waals surface area contributed by atoms with E-state index in [1.54, 1.807) is 26.0 Å². The van der Waals surface area contributed by atoms with Gasteiger partial charge in [-0.3, -0.25) is 4.79 Å². The van der Waals surface area contributed by atoms with E-state index in [0.29, 0.717) is 5.75 Å². The molecule has 1 amide bonds. The van der Waals surface area contributed by atoms with Crippen LogP contribution in [0.25, 0.3) is 0 Å². The molecule has 0 bridgehead atoms. The predicted molar refractivity (Wildman–Crippen MR) is 112 cm³/mol. The number of hydrogen-bond acceptors (Lipinski definition) is 5. The fraction of sp³-hybridized carbons (Fsp3) is 0.429. The molecule has 0 unspecified atom stereocenters.